The van der Waals surface area contributed by atoms with E-state index in [9.17, 15) is 9.59 Å². The van der Waals surface area contributed by atoms with Crippen molar-refractivity contribution < 1.29 is 18.7 Å². The Morgan fingerprint density at radius 1 is 1.00 bits per heavy atom. The lowest BCUT2D eigenvalue weighted by Crippen LogP contribution is -2.06. The van der Waals surface area contributed by atoms with E-state index in [-0.39, 0.29) is 12.6 Å². The van der Waals surface area contributed by atoms with Crippen LogP contribution in [0.2, 0.25) is 0 Å². The molecule has 1 aliphatic heterocycles. The van der Waals surface area contributed by atoms with Crippen LogP contribution in [-0.4, -0.2) is 17.6 Å². The largest absolute Gasteiger partial charge is 0.454 e. The molecule has 0 aliphatic carbocycles. The number of ether oxygens (including phenoxy) is 2. The SMILES string of the molecule is Cc1nc(-c2cc3ccccc3oc2=O)ccc1C(=O)/C=C/c1ccc2c(c1)OCO2. The number of hydrogen-bond donors (Lipinski definition) is 0. The minimum atomic E-state index is -0.465. The van der Waals surface area contributed by atoms with Crippen LogP contribution < -0.4 is 15.1 Å². The van der Waals surface area contributed by atoms with Gasteiger partial charge in [0.2, 0.25) is 6.79 Å². The number of allylic oxidation sites excluding steroid dienone is 1. The Hall–Kier alpha value is -4.19. The molecule has 0 saturated carbocycles. The summed E-state index contributed by atoms with van der Waals surface area (Å²) in [6.45, 7) is 1.95. The first-order valence-corrected chi connectivity index (χ1v) is 9.71. The first-order chi connectivity index (χ1) is 15.1. The molecule has 4 aromatic rings. The molecule has 0 atom stereocenters. The van der Waals surface area contributed by atoms with Crippen molar-refractivity contribution in [2.45, 2.75) is 6.92 Å². The number of benzene rings is 2. The van der Waals surface area contributed by atoms with Crippen LogP contribution in [0.4, 0.5) is 0 Å². The van der Waals surface area contributed by atoms with Crippen LogP contribution in [0.1, 0.15) is 21.6 Å². The third-order valence-electron chi connectivity index (χ3n) is 5.09. The van der Waals surface area contributed by atoms with Gasteiger partial charge < -0.3 is 13.9 Å². The summed E-state index contributed by atoms with van der Waals surface area (Å²) in [5.41, 5.74) is 2.70. The van der Waals surface area contributed by atoms with Gasteiger partial charge in [0.1, 0.15) is 5.58 Å². The maximum absolute atomic E-state index is 12.7. The molecule has 0 amide bonds. The number of nitrogens with zero attached hydrogens (tertiary/aromatic N) is 1. The van der Waals surface area contributed by atoms with Crippen molar-refractivity contribution in [2.24, 2.45) is 0 Å². The van der Waals surface area contributed by atoms with Crippen LogP contribution >= 0.6 is 0 Å². The van der Waals surface area contributed by atoms with Crippen molar-refractivity contribution in [2.75, 3.05) is 6.79 Å². The van der Waals surface area contributed by atoms with Crippen LogP contribution in [-0.2, 0) is 0 Å². The number of aryl methyl sites for hydroxylation is 1. The third-order valence-corrected chi connectivity index (χ3v) is 5.09. The molecule has 2 aromatic carbocycles. The average molecular weight is 411 g/mol. The Morgan fingerprint density at radius 2 is 1.84 bits per heavy atom. The molecular weight excluding hydrogens is 394 g/mol. The molecular formula is C25H17NO5. The standard InChI is InChI=1S/C25H17NO5/c1-15-18(21(27)10-6-16-7-11-23-24(12-16)30-14-29-23)8-9-20(26-15)19-13-17-4-2-3-5-22(17)31-25(19)28/h2-13H,14H2,1H3/b10-6+. The number of carbonyl (C=O) groups excluding carboxylic acids is 1. The van der Waals surface area contributed by atoms with E-state index in [2.05, 4.69) is 4.98 Å². The minimum absolute atomic E-state index is 0.181. The number of ketones is 1. The number of pyridine rings is 1. The van der Waals surface area contributed by atoms with Crippen molar-refractivity contribution in [1.82, 2.24) is 4.98 Å². The van der Waals surface area contributed by atoms with Crippen LogP contribution in [0.25, 0.3) is 28.3 Å². The molecule has 0 saturated heterocycles. The topological polar surface area (TPSA) is 78.6 Å². The summed E-state index contributed by atoms with van der Waals surface area (Å²) in [6, 6.07) is 17.9. The Labute approximate surface area is 177 Å². The highest BCUT2D eigenvalue weighted by molar-refractivity contribution is 6.07. The first kappa shape index (κ1) is 18.8. The van der Waals surface area contributed by atoms with Crippen LogP contribution in [0.5, 0.6) is 11.5 Å². The molecule has 0 spiro atoms. The molecule has 0 unspecified atom stereocenters. The van der Waals surface area contributed by atoms with Crippen molar-refractivity contribution >= 4 is 22.8 Å². The first-order valence-electron chi connectivity index (χ1n) is 9.71. The number of carbonyl (C=O) groups is 1. The Kier molecular flexibility index (Phi) is 4.59. The highest BCUT2D eigenvalue weighted by Gasteiger charge is 2.14. The van der Waals surface area contributed by atoms with Gasteiger partial charge in [-0.25, -0.2) is 4.79 Å². The van der Waals surface area contributed by atoms with E-state index in [4.69, 9.17) is 13.9 Å². The lowest BCUT2D eigenvalue weighted by Gasteiger charge is -2.06. The number of aromatic nitrogens is 1. The molecule has 2 aromatic heterocycles. The fourth-order valence-electron chi connectivity index (χ4n) is 3.49. The third kappa shape index (κ3) is 3.59. The van der Waals surface area contributed by atoms with Gasteiger partial charge in [-0.1, -0.05) is 30.3 Å². The Bertz CT molecular complexity index is 1420. The normalized spacial score (nSPS) is 12.5. The van der Waals surface area contributed by atoms with Crippen LogP contribution in [0.15, 0.2) is 76.0 Å². The van der Waals surface area contributed by atoms with Crippen LogP contribution in [0.3, 0.4) is 0 Å². The molecule has 5 rings (SSSR count). The molecule has 0 N–H and O–H groups in total. The lowest BCUT2D eigenvalue weighted by molar-refractivity contribution is 0.104. The zero-order chi connectivity index (χ0) is 21.4. The molecule has 152 valence electrons. The predicted octanol–water partition coefficient (Wildman–Crippen LogP) is 4.79. The van der Waals surface area contributed by atoms with Crippen molar-refractivity contribution in [1.29, 1.82) is 0 Å². The van der Waals surface area contributed by atoms with Crippen LogP contribution in [0, 0.1) is 6.92 Å². The smallest absolute Gasteiger partial charge is 0.345 e. The van der Waals surface area contributed by atoms with Gasteiger partial charge in [0, 0.05) is 16.6 Å². The van der Waals surface area contributed by atoms with Gasteiger partial charge in [-0.2, -0.15) is 0 Å². The summed E-state index contributed by atoms with van der Waals surface area (Å²) < 4.78 is 16.0. The van der Waals surface area contributed by atoms with E-state index in [0.29, 0.717) is 39.6 Å². The summed E-state index contributed by atoms with van der Waals surface area (Å²) >= 11 is 0. The van der Waals surface area contributed by atoms with Gasteiger partial charge in [-0.15, -0.1) is 0 Å². The van der Waals surface area contributed by atoms with Gasteiger partial charge in [-0.3, -0.25) is 9.78 Å². The summed E-state index contributed by atoms with van der Waals surface area (Å²) in [5, 5.41) is 0.809. The van der Waals surface area contributed by atoms with Crippen molar-refractivity contribution in [3.8, 4) is 22.8 Å². The highest BCUT2D eigenvalue weighted by atomic mass is 16.7. The second-order valence-electron chi connectivity index (χ2n) is 7.13. The molecule has 0 radical (unpaired) electrons. The second kappa shape index (κ2) is 7.57. The van der Waals surface area contributed by atoms with Gasteiger partial charge >= 0.3 is 5.63 Å². The summed E-state index contributed by atoms with van der Waals surface area (Å²) in [6.07, 6.45) is 3.21. The predicted molar refractivity (Wildman–Crippen MR) is 116 cm³/mol. The molecule has 0 fully saturated rings. The quantitative estimate of drug-likeness (QED) is 0.273. The summed E-state index contributed by atoms with van der Waals surface area (Å²) in [7, 11) is 0. The number of hydrogen-bond acceptors (Lipinski definition) is 6. The molecule has 6 nitrogen and oxygen atoms in total. The van der Waals surface area contributed by atoms with E-state index in [0.717, 1.165) is 10.9 Å². The maximum Gasteiger partial charge on any atom is 0.345 e. The van der Waals surface area contributed by atoms with E-state index in [1.54, 1.807) is 37.3 Å². The number of para-hydroxylation sites is 1. The maximum atomic E-state index is 12.7. The minimum Gasteiger partial charge on any atom is -0.454 e. The molecule has 6 heteroatoms. The lowest BCUT2D eigenvalue weighted by atomic mass is 10.0. The number of rotatable bonds is 4. The summed E-state index contributed by atoms with van der Waals surface area (Å²) in [5.74, 6) is 1.17. The van der Waals surface area contributed by atoms with Gasteiger partial charge in [0.25, 0.3) is 0 Å². The average Bonchev–Trinajstić information content (AvgIpc) is 3.25. The van der Waals surface area contributed by atoms with Gasteiger partial charge in [0.15, 0.2) is 17.3 Å². The van der Waals surface area contributed by atoms with Crippen molar-refractivity contribution in [3.05, 3.63) is 94.0 Å². The van der Waals surface area contributed by atoms with E-state index < -0.39 is 5.63 Å². The van der Waals surface area contributed by atoms with Crippen molar-refractivity contribution in [3.63, 3.8) is 0 Å². The molecule has 0 bridgehead atoms. The van der Waals surface area contributed by atoms with E-state index in [1.807, 2.05) is 36.4 Å². The number of fused-ring (bicyclic) bond motifs is 2. The Morgan fingerprint density at radius 3 is 2.71 bits per heavy atom. The Balaban J connectivity index is 1.42. The zero-order valence-electron chi connectivity index (χ0n) is 16.6. The highest BCUT2D eigenvalue weighted by Crippen LogP contribution is 2.32. The van der Waals surface area contributed by atoms with E-state index in [1.165, 1.54) is 6.08 Å². The van der Waals surface area contributed by atoms with E-state index >= 15 is 0 Å². The molecule has 1 aliphatic rings. The molecule has 3 heterocycles. The van der Waals surface area contributed by atoms with Gasteiger partial charge in [0.05, 0.1) is 11.3 Å². The fourth-order valence-corrected chi connectivity index (χ4v) is 3.49. The monoisotopic (exact) mass is 411 g/mol. The molecule has 31 heavy (non-hydrogen) atoms. The van der Waals surface area contributed by atoms with Gasteiger partial charge in [-0.05, 0) is 55.0 Å². The second-order valence-corrected chi connectivity index (χ2v) is 7.13. The zero-order valence-corrected chi connectivity index (χ0v) is 16.6. The summed E-state index contributed by atoms with van der Waals surface area (Å²) in [4.78, 5) is 29.6. The fraction of sp³-hybridized carbons (Fsp3) is 0.0800.